The van der Waals surface area contributed by atoms with Crippen LogP contribution in [0.2, 0.25) is 0 Å². The smallest absolute Gasteiger partial charge is 0.326 e. The molecule has 0 aromatic rings. The van der Waals surface area contributed by atoms with E-state index in [1.165, 1.54) is 25.7 Å². The van der Waals surface area contributed by atoms with Gasteiger partial charge in [0.15, 0.2) is 0 Å². The zero-order chi connectivity index (χ0) is 15.5. The van der Waals surface area contributed by atoms with Crippen LogP contribution in [-0.4, -0.2) is 41.1 Å². The molecule has 21 heavy (non-hydrogen) atoms. The molecule has 2 rings (SSSR count). The maximum atomic E-state index is 12.3. The lowest BCUT2D eigenvalue weighted by atomic mass is 9.77. The van der Waals surface area contributed by atoms with E-state index in [2.05, 4.69) is 5.32 Å². The SMILES string of the molecule is CC[C@H](C)[C@H](NC(=O)N1CCC2(CCCC2)CC1)C(=O)O. The molecular formula is C16H28N2O3. The Bertz CT molecular complexity index is 381. The first-order valence-electron chi connectivity index (χ1n) is 8.26. The van der Waals surface area contributed by atoms with Crippen molar-refractivity contribution in [3.8, 4) is 0 Å². The van der Waals surface area contributed by atoms with Gasteiger partial charge in [0, 0.05) is 13.1 Å². The zero-order valence-electron chi connectivity index (χ0n) is 13.2. The molecule has 0 aromatic carbocycles. The first-order valence-corrected chi connectivity index (χ1v) is 8.26. The van der Waals surface area contributed by atoms with Crippen LogP contribution in [0, 0.1) is 11.3 Å². The Morgan fingerprint density at radius 1 is 1.19 bits per heavy atom. The van der Waals surface area contributed by atoms with Gasteiger partial charge in [-0.25, -0.2) is 9.59 Å². The summed E-state index contributed by atoms with van der Waals surface area (Å²) in [6, 6.07) is -1.000. The highest BCUT2D eigenvalue weighted by molar-refractivity contribution is 5.82. The highest BCUT2D eigenvalue weighted by Gasteiger charge is 2.38. The Morgan fingerprint density at radius 2 is 1.76 bits per heavy atom. The number of amides is 2. The number of urea groups is 1. The number of aliphatic carboxylic acids is 1. The molecule has 0 radical (unpaired) electrons. The van der Waals surface area contributed by atoms with Gasteiger partial charge in [0.2, 0.25) is 0 Å². The second-order valence-corrected chi connectivity index (χ2v) is 6.85. The van der Waals surface area contributed by atoms with Crippen molar-refractivity contribution in [2.24, 2.45) is 11.3 Å². The van der Waals surface area contributed by atoms with E-state index in [4.69, 9.17) is 0 Å². The molecule has 2 fully saturated rings. The van der Waals surface area contributed by atoms with Gasteiger partial charge in [0.25, 0.3) is 0 Å². The minimum atomic E-state index is -0.943. The van der Waals surface area contributed by atoms with Crippen molar-refractivity contribution in [2.75, 3.05) is 13.1 Å². The van der Waals surface area contributed by atoms with E-state index in [-0.39, 0.29) is 11.9 Å². The molecule has 2 aliphatic rings. The number of carbonyl (C=O) groups is 2. The highest BCUT2D eigenvalue weighted by Crippen LogP contribution is 2.46. The van der Waals surface area contributed by atoms with Crippen molar-refractivity contribution in [1.82, 2.24) is 10.2 Å². The maximum absolute atomic E-state index is 12.3. The fourth-order valence-corrected chi connectivity index (χ4v) is 3.72. The summed E-state index contributed by atoms with van der Waals surface area (Å²) in [4.78, 5) is 25.4. The number of hydrogen-bond acceptors (Lipinski definition) is 2. The Hall–Kier alpha value is -1.26. The molecule has 0 aromatic heterocycles. The van der Waals surface area contributed by atoms with Crippen LogP contribution < -0.4 is 5.32 Å². The number of carboxylic acids is 1. The molecule has 120 valence electrons. The van der Waals surface area contributed by atoms with Gasteiger partial charge in [-0.05, 0) is 37.0 Å². The van der Waals surface area contributed by atoms with Gasteiger partial charge in [-0.2, -0.15) is 0 Å². The highest BCUT2D eigenvalue weighted by atomic mass is 16.4. The third-order valence-corrected chi connectivity index (χ3v) is 5.53. The summed E-state index contributed by atoms with van der Waals surface area (Å²) in [7, 11) is 0. The van der Waals surface area contributed by atoms with Gasteiger partial charge in [-0.15, -0.1) is 0 Å². The molecule has 1 saturated carbocycles. The number of carbonyl (C=O) groups excluding carboxylic acids is 1. The van der Waals surface area contributed by atoms with Crippen molar-refractivity contribution >= 4 is 12.0 Å². The predicted octanol–water partition coefficient (Wildman–Crippen LogP) is 2.85. The molecule has 1 aliphatic heterocycles. The van der Waals surface area contributed by atoms with E-state index in [1.807, 2.05) is 13.8 Å². The van der Waals surface area contributed by atoms with Crippen molar-refractivity contribution in [2.45, 2.75) is 64.8 Å². The van der Waals surface area contributed by atoms with E-state index < -0.39 is 12.0 Å². The lowest BCUT2D eigenvalue weighted by Crippen LogP contribution is -2.53. The van der Waals surface area contributed by atoms with E-state index >= 15 is 0 Å². The summed E-state index contributed by atoms with van der Waals surface area (Å²) in [6.07, 6.45) is 8.12. The number of hydrogen-bond donors (Lipinski definition) is 2. The van der Waals surface area contributed by atoms with Crippen LogP contribution in [0.4, 0.5) is 4.79 Å². The second kappa shape index (κ2) is 6.67. The largest absolute Gasteiger partial charge is 0.480 e. The molecule has 1 saturated heterocycles. The quantitative estimate of drug-likeness (QED) is 0.838. The lowest BCUT2D eigenvalue weighted by molar-refractivity contribution is -0.140. The zero-order valence-corrected chi connectivity index (χ0v) is 13.2. The Kier molecular flexibility index (Phi) is 5.12. The summed E-state index contributed by atoms with van der Waals surface area (Å²) in [5.74, 6) is -1.00. The van der Waals surface area contributed by atoms with E-state index in [9.17, 15) is 14.7 Å². The standard InChI is InChI=1S/C16H28N2O3/c1-3-12(2)13(14(19)20)17-15(21)18-10-8-16(9-11-18)6-4-5-7-16/h12-13H,3-11H2,1-2H3,(H,17,21)(H,19,20)/t12-,13-/m0/s1. The molecule has 1 aliphatic carbocycles. The molecule has 5 heteroatoms. The molecular weight excluding hydrogens is 268 g/mol. The van der Waals surface area contributed by atoms with Crippen LogP contribution in [-0.2, 0) is 4.79 Å². The van der Waals surface area contributed by atoms with E-state index in [1.54, 1.807) is 4.90 Å². The van der Waals surface area contributed by atoms with Crippen LogP contribution in [0.15, 0.2) is 0 Å². The Balaban J connectivity index is 1.87. The topological polar surface area (TPSA) is 69.6 Å². The molecule has 2 amide bonds. The van der Waals surface area contributed by atoms with Crippen molar-refractivity contribution in [1.29, 1.82) is 0 Å². The van der Waals surface area contributed by atoms with Crippen LogP contribution in [0.25, 0.3) is 0 Å². The van der Waals surface area contributed by atoms with Crippen molar-refractivity contribution < 1.29 is 14.7 Å². The molecule has 5 nitrogen and oxygen atoms in total. The third-order valence-electron chi connectivity index (χ3n) is 5.53. The predicted molar refractivity (Wildman–Crippen MR) is 81.1 cm³/mol. The van der Waals surface area contributed by atoms with Crippen LogP contribution in [0.1, 0.15) is 58.8 Å². The third kappa shape index (κ3) is 3.69. The minimum Gasteiger partial charge on any atom is -0.480 e. The monoisotopic (exact) mass is 296 g/mol. The van der Waals surface area contributed by atoms with E-state index in [0.717, 1.165) is 32.4 Å². The van der Waals surface area contributed by atoms with Gasteiger partial charge in [0.05, 0.1) is 0 Å². The first kappa shape index (κ1) is 16.1. The molecule has 2 atom stereocenters. The van der Waals surface area contributed by atoms with Gasteiger partial charge < -0.3 is 15.3 Å². The van der Waals surface area contributed by atoms with E-state index in [0.29, 0.717) is 5.41 Å². The number of nitrogens with one attached hydrogen (secondary N) is 1. The summed E-state index contributed by atoms with van der Waals surface area (Å²) < 4.78 is 0. The summed E-state index contributed by atoms with van der Waals surface area (Å²) in [6.45, 7) is 5.33. The number of nitrogens with zero attached hydrogens (tertiary/aromatic N) is 1. The summed E-state index contributed by atoms with van der Waals surface area (Å²) in [5.41, 5.74) is 0.472. The number of piperidine rings is 1. The number of carboxylic acid groups (broad SMARTS) is 1. The molecule has 0 unspecified atom stereocenters. The minimum absolute atomic E-state index is 0.0579. The maximum Gasteiger partial charge on any atom is 0.326 e. The molecule has 1 heterocycles. The van der Waals surface area contributed by atoms with Gasteiger partial charge in [0.1, 0.15) is 6.04 Å². The Labute approximate surface area is 127 Å². The van der Waals surface area contributed by atoms with Gasteiger partial charge in [-0.3, -0.25) is 0 Å². The second-order valence-electron chi connectivity index (χ2n) is 6.85. The number of rotatable bonds is 4. The average molecular weight is 296 g/mol. The van der Waals surface area contributed by atoms with Crippen LogP contribution >= 0.6 is 0 Å². The Morgan fingerprint density at radius 3 is 2.24 bits per heavy atom. The summed E-state index contributed by atoms with van der Waals surface area (Å²) >= 11 is 0. The van der Waals surface area contributed by atoms with Crippen LogP contribution in [0.5, 0.6) is 0 Å². The van der Waals surface area contributed by atoms with Gasteiger partial charge in [-0.1, -0.05) is 33.1 Å². The van der Waals surface area contributed by atoms with Crippen LogP contribution in [0.3, 0.4) is 0 Å². The fraction of sp³-hybridized carbons (Fsp3) is 0.875. The lowest BCUT2D eigenvalue weighted by Gasteiger charge is -2.39. The van der Waals surface area contributed by atoms with Crippen molar-refractivity contribution in [3.05, 3.63) is 0 Å². The average Bonchev–Trinajstić information content (AvgIpc) is 2.92. The molecule has 1 spiro atoms. The summed E-state index contributed by atoms with van der Waals surface area (Å²) in [5, 5.41) is 12.0. The molecule has 0 bridgehead atoms. The number of likely N-dealkylation sites (tertiary alicyclic amines) is 1. The normalized spacial score (nSPS) is 23.8. The fourth-order valence-electron chi connectivity index (χ4n) is 3.72. The van der Waals surface area contributed by atoms with Gasteiger partial charge >= 0.3 is 12.0 Å². The molecule has 2 N–H and O–H groups in total. The van der Waals surface area contributed by atoms with Crippen molar-refractivity contribution in [3.63, 3.8) is 0 Å². The first-order chi connectivity index (χ1) is 9.97.